The van der Waals surface area contributed by atoms with Gasteiger partial charge < -0.3 is 0 Å². The van der Waals surface area contributed by atoms with E-state index in [4.69, 9.17) is 11.6 Å². The summed E-state index contributed by atoms with van der Waals surface area (Å²) in [5.74, 6) is 0.199. The van der Waals surface area contributed by atoms with Crippen LogP contribution in [0, 0.1) is 6.92 Å². The second-order valence-electron chi connectivity index (χ2n) is 2.88. The highest BCUT2D eigenvalue weighted by molar-refractivity contribution is 7.94. The highest BCUT2D eigenvalue weighted by Crippen LogP contribution is 2.12. The van der Waals surface area contributed by atoms with Crippen molar-refractivity contribution in [1.82, 2.24) is 0 Å². The molecule has 0 aromatic heterocycles. The van der Waals surface area contributed by atoms with Crippen LogP contribution in [0.3, 0.4) is 0 Å². The van der Waals surface area contributed by atoms with Crippen molar-refractivity contribution in [1.29, 1.82) is 0 Å². The van der Waals surface area contributed by atoms with E-state index in [2.05, 4.69) is 0 Å². The fourth-order valence-corrected chi connectivity index (χ4v) is 2.19. The smallest absolute Gasteiger partial charge is 0.199 e. The van der Waals surface area contributed by atoms with Gasteiger partial charge >= 0.3 is 0 Å². The summed E-state index contributed by atoms with van der Waals surface area (Å²) in [4.78, 5) is 0.296. The summed E-state index contributed by atoms with van der Waals surface area (Å²) in [5, 5.41) is 1.13. The molecule has 1 rings (SSSR count). The van der Waals surface area contributed by atoms with E-state index in [9.17, 15) is 8.42 Å². The van der Waals surface area contributed by atoms with E-state index in [0.717, 1.165) is 11.0 Å². The molecule has 4 heteroatoms. The summed E-state index contributed by atoms with van der Waals surface area (Å²) in [5.41, 5.74) is 1.03. The van der Waals surface area contributed by atoms with E-state index in [0.29, 0.717) is 4.90 Å². The number of hydrogen-bond donors (Lipinski definition) is 0. The standard InChI is InChI=1S/C10H11ClO2S/c1-9-3-5-10(6-4-9)14(12,13)8-2-7-11/h2-6,8H,7H2,1H3. The van der Waals surface area contributed by atoms with Crippen molar-refractivity contribution in [2.45, 2.75) is 11.8 Å². The van der Waals surface area contributed by atoms with Gasteiger partial charge in [0.15, 0.2) is 9.84 Å². The maximum atomic E-state index is 11.6. The van der Waals surface area contributed by atoms with Crippen LogP contribution in [-0.4, -0.2) is 14.3 Å². The fourth-order valence-electron chi connectivity index (χ4n) is 0.970. The normalized spacial score (nSPS) is 12.1. The SMILES string of the molecule is Cc1ccc(S(=O)(=O)C=CCCl)cc1. The quantitative estimate of drug-likeness (QED) is 0.748. The van der Waals surface area contributed by atoms with Crippen LogP contribution < -0.4 is 0 Å². The van der Waals surface area contributed by atoms with Crippen LogP contribution >= 0.6 is 11.6 Å². The van der Waals surface area contributed by atoms with Crippen LogP contribution in [0.15, 0.2) is 40.6 Å². The predicted octanol–water partition coefficient (Wildman–Crippen LogP) is 2.52. The van der Waals surface area contributed by atoms with E-state index < -0.39 is 9.84 Å². The molecule has 0 spiro atoms. The molecule has 0 aliphatic heterocycles. The Morgan fingerprint density at radius 2 is 1.86 bits per heavy atom. The van der Waals surface area contributed by atoms with Gasteiger partial charge in [0.2, 0.25) is 0 Å². The molecule has 0 amide bonds. The molecule has 0 atom stereocenters. The van der Waals surface area contributed by atoms with Crippen molar-refractivity contribution >= 4 is 21.4 Å². The van der Waals surface area contributed by atoms with Gasteiger partial charge in [-0.3, -0.25) is 0 Å². The van der Waals surface area contributed by atoms with Gasteiger partial charge in [-0.15, -0.1) is 11.6 Å². The summed E-state index contributed by atoms with van der Waals surface area (Å²) in [7, 11) is -3.30. The van der Waals surface area contributed by atoms with Crippen LogP contribution in [0.4, 0.5) is 0 Å². The van der Waals surface area contributed by atoms with Gasteiger partial charge in [-0.25, -0.2) is 8.42 Å². The molecule has 0 saturated heterocycles. The highest BCUT2D eigenvalue weighted by atomic mass is 35.5. The van der Waals surface area contributed by atoms with Crippen LogP contribution in [0.2, 0.25) is 0 Å². The Bertz CT molecular complexity index is 418. The number of aryl methyl sites for hydroxylation is 1. The zero-order chi connectivity index (χ0) is 10.6. The maximum Gasteiger partial charge on any atom is 0.199 e. The van der Waals surface area contributed by atoms with Crippen LogP contribution in [0.1, 0.15) is 5.56 Å². The third-order valence-electron chi connectivity index (χ3n) is 1.71. The van der Waals surface area contributed by atoms with E-state index >= 15 is 0 Å². The Kier molecular flexibility index (Phi) is 3.72. The lowest BCUT2D eigenvalue weighted by molar-refractivity contribution is 0.604. The van der Waals surface area contributed by atoms with E-state index in [1.54, 1.807) is 24.3 Å². The van der Waals surface area contributed by atoms with Crippen molar-refractivity contribution in [2.24, 2.45) is 0 Å². The number of sulfone groups is 1. The Morgan fingerprint density at radius 1 is 1.29 bits per heavy atom. The van der Waals surface area contributed by atoms with Crippen molar-refractivity contribution in [3.8, 4) is 0 Å². The first-order valence-corrected chi connectivity index (χ1v) is 6.18. The average Bonchev–Trinajstić information content (AvgIpc) is 2.16. The lowest BCUT2D eigenvalue weighted by Gasteiger charge is -1.98. The first-order valence-electron chi connectivity index (χ1n) is 4.10. The van der Waals surface area contributed by atoms with Gasteiger partial charge in [0, 0.05) is 11.3 Å². The molecule has 1 aromatic carbocycles. The molecule has 2 nitrogen and oxygen atoms in total. The molecular formula is C10H11ClO2S. The van der Waals surface area contributed by atoms with Crippen LogP contribution in [0.5, 0.6) is 0 Å². The molecule has 76 valence electrons. The fraction of sp³-hybridized carbons (Fsp3) is 0.200. The number of halogens is 1. The monoisotopic (exact) mass is 230 g/mol. The molecule has 1 aromatic rings. The van der Waals surface area contributed by atoms with E-state index in [-0.39, 0.29) is 5.88 Å². The minimum Gasteiger partial charge on any atom is -0.219 e. The van der Waals surface area contributed by atoms with Crippen molar-refractivity contribution in [2.75, 3.05) is 5.88 Å². The minimum absolute atomic E-state index is 0.199. The van der Waals surface area contributed by atoms with Gasteiger partial charge in [-0.05, 0) is 19.1 Å². The van der Waals surface area contributed by atoms with Gasteiger partial charge in [0.1, 0.15) is 0 Å². The maximum absolute atomic E-state index is 11.6. The molecule has 0 saturated carbocycles. The first-order chi connectivity index (χ1) is 6.56. The number of allylic oxidation sites excluding steroid dienone is 1. The lowest BCUT2D eigenvalue weighted by Crippen LogP contribution is -1.95. The molecule has 0 bridgehead atoms. The van der Waals surface area contributed by atoms with E-state index in [1.165, 1.54) is 6.08 Å². The summed E-state index contributed by atoms with van der Waals surface area (Å²) < 4.78 is 23.1. The molecule has 0 fully saturated rings. The third kappa shape index (κ3) is 2.86. The second-order valence-corrected chi connectivity index (χ2v) is 5.03. The Hall–Kier alpha value is -0.800. The van der Waals surface area contributed by atoms with Gasteiger partial charge in [0.25, 0.3) is 0 Å². The largest absolute Gasteiger partial charge is 0.219 e. The number of rotatable bonds is 3. The molecule has 0 heterocycles. The topological polar surface area (TPSA) is 34.1 Å². The van der Waals surface area contributed by atoms with Crippen molar-refractivity contribution in [3.05, 3.63) is 41.3 Å². The van der Waals surface area contributed by atoms with Gasteiger partial charge in [0.05, 0.1) is 4.90 Å². The molecule has 0 N–H and O–H groups in total. The summed E-state index contributed by atoms with van der Waals surface area (Å²) in [6.07, 6.45) is 1.41. The summed E-state index contributed by atoms with van der Waals surface area (Å²) >= 11 is 5.37. The number of benzene rings is 1. The zero-order valence-electron chi connectivity index (χ0n) is 7.77. The van der Waals surface area contributed by atoms with Crippen molar-refractivity contribution < 1.29 is 8.42 Å². The minimum atomic E-state index is -3.30. The van der Waals surface area contributed by atoms with Gasteiger partial charge in [-0.2, -0.15) is 0 Å². The van der Waals surface area contributed by atoms with Crippen LogP contribution in [-0.2, 0) is 9.84 Å². The third-order valence-corrected chi connectivity index (χ3v) is 3.37. The second kappa shape index (κ2) is 4.62. The Morgan fingerprint density at radius 3 is 2.36 bits per heavy atom. The van der Waals surface area contributed by atoms with Crippen molar-refractivity contribution in [3.63, 3.8) is 0 Å². The van der Waals surface area contributed by atoms with Gasteiger partial charge in [-0.1, -0.05) is 23.8 Å². The molecule has 0 unspecified atom stereocenters. The highest BCUT2D eigenvalue weighted by Gasteiger charge is 2.08. The molecule has 0 radical (unpaired) electrons. The zero-order valence-corrected chi connectivity index (χ0v) is 9.35. The predicted molar refractivity (Wildman–Crippen MR) is 58.2 cm³/mol. The molecular weight excluding hydrogens is 220 g/mol. The molecule has 0 aliphatic carbocycles. The number of hydrogen-bond acceptors (Lipinski definition) is 2. The summed E-state index contributed by atoms with van der Waals surface area (Å²) in [6, 6.07) is 6.70. The molecule has 14 heavy (non-hydrogen) atoms. The molecule has 0 aliphatic rings. The van der Waals surface area contributed by atoms with E-state index in [1.807, 2.05) is 6.92 Å². The Balaban J connectivity index is 3.05. The number of alkyl halides is 1. The Labute approximate surface area is 89.1 Å². The average molecular weight is 231 g/mol. The lowest BCUT2D eigenvalue weighted by atomic mass is 10.2. The van der Waals surface area contributed by atoms with Crippen LogP contribution in [0.25, 0.3) is 0 Å². The first kappa shape index (κ1) is 11.3. The summed E-state index contributed by atoms with van der Waals surface area (Å²) in [6.45, 7) is 1.91.